The summed E-state index contributed by atoms with van der Waals surface area (Å²) >= 11 is 0. The van der Waals surface area contributed by atoms with Crippen molar-refractivity contribution in [3.63, 3.8) is 0 Å². The van der Waals surface area contributed by atoms with Gasteiger partial charge in [-0.25, -0.2) is 13.2 Å². The summed E-state index contributed by atoms with van der Waals surface area (Å²) in [5, 5.41) is 12.4. The Labute approximate surface area is 138 Å². The number of aliphatic hydroxyl groups excluding tert-OH is 1. The summed E-state index contributed by atoms with van der Waals surface area (Å²) in [6, 6.07) is 8.25. The van der Waals surface area contributed by atoms with Crippen molar-refractivity contribution in [1.29, 1.82) is 0 Å². The van der Waals surface area contributed by atoms with Crippen molar-refractivity contribution in [3.8, 4) is 5.75 Å². The van der Waals surface area contributed by atoms with E-state index in [1.165, 1.54) is 0 Å². The topological polar surface area (TPSA) is 41.5 Å². The molecular weight excluding hydrogens is 319 g/mol. The average molecular weight is 337 g/mol. The van der Waals surface area contributed by atoms with Crippen LogP contribution in [0.4, 0.5) is 13.2 Å². The summed E-state index contributed by atoms with van der Waals surface area (Å²) in [7, 11) is 0. The van der Waals surface area contributed by atoms with Crippen LogP contribution in [0.2, 0.25) is 0 Å². The fraction of sp³-hybridized carbons (Fsp3) is 0.222. The fourth-order valence-electron chi connectivity index (χ4n) is 2.16. The zero-order chi connectivity index (χ0) is 17.5. The largest absolute Gasteiger partial charge is 0.490 e. The molecule has 1 atom stereocenters. The first kappa shape index (κ1) is 18.0. The van der Waals surface area contributed by atoms with E-state index in [-0.39, 0.29) is 12.2 Å². The van der Waals surface area contributed by atoms with E-state index < -0.39 is 23.5 Å². The highest BCUT2D eigenvalue weighted by Gasteiger charge is 2.16. The number of halogens is 3. The van der Waals surface area contributed by atoms with Crippen molar-refractivity contribution >= 4 is 0 Å². The molecule has 2 rings (SSSR count). The highest BCUT2D eigenvalue weighted by molar-refractivity contribution is 5.28. The molecule has 128 valence electrons. The van der Waals surface area contributed by atoms with Gasteiger partial charge in [0.15, 0.2) is 17.5 Å². The van der Waals surface area contributed by atoms with Crippen molar-refractivity contribution in [2.45, 2.75) is 12.6 Å². The van der Waals surface area contributed by atoms with Crippen LogP contribution in [0.3, 0.4) is 0 Å². The summed E-state index contributed by atoms with van der Waals surface area (Å²) in [5.74, 6) is -3.39. The van der Waals surface area contributed by atoms with Gasteiger partial charge in [0.2, 0.25) is 0 Å². The summed E-state index contributed by atoms with van der Waals surface area (Å²) in [6.07, 6.45) is 1.64. The van der Waals surface area contributed by atoms with Crippen LogP contribution in [-0.4, -0.2) is 18.3 Å². The monoisotopic (exact) mass is 337 g/mol. The molecule has 2 aromatic carbocycles. The summed E-state index contributed by atoms with van der Waals surface area (Å²) < 4.78 is 45.0. The van der Waals surface area contributed by atoms with Gasteiger partial charge in [-0.2, -0.15) is 0 Å². The van der Waals surface area contributed by atoms with Crippen LogP contribution >= 0.6 is 0 Å². The van der Waals surface area contributed by atoms with E-state index >= 15 is 0 Å². The maximum Gasteiger partial charge on any atom is 0.194 e. The first-order chi connectivity index (χ1) is 11.5. The van der Waals surface area contributed by atoms with E-state index in [0.29, 0.717) is 18.9 Å². The van der Waals surface area contributed by atoms with Crippen molar-refractivity contribution < 1.29 is 23.0 Å². The quantitative estimate of drug-likeness (QED) is 0.572. The van der Waals surface area contributed by atoms with Gasteiger partial charge < -0.3 is 15.2 Å². The predicted octanol–water partition coefficient (Wildman–Crippen LogP) is 3.49. The van der Waals surface area contributed by atoms with Crippen LogP contribution < -0.4 is 10.1 Å². The van der Waals surface area contributed by atoms with Crippen LogP contribution in [0.5, 0.6) is 5.75 Å². The Balaban J connectivity index is 2.02. The molecule has 0 bridgehead atoms. The lowest BCUT2D eigenvalue weighted by Crippen LogP contribution is -2.24. The molecule has 0 heterocycles. The lowest BCUT2D eigenvalue weighted by molar-refractivity contribution is 0.242. The normalized spacial score (nSPS) is 12.0. The maximum atomic E-state index is 13.3. The van der Waals surface area contributed by atoms with Gasteiger partial charge in [-0.3, -0.25) is 0 Å². The third-order valence-corrected chi connectivity index (χ3v) is 3.43. The first-order valence-corrected chi connectivity index (χ1v) is 7.36. The number of hydrogen-bond donors (Lipinski definition) is 2. The zero-order valence-corrected chi connectivity index (χ0v) is 12.9. The van der Waals surface area contributed by atoms with Crippen LogP contribution in [0.15, 0.2) is 49.1 Å². The van der Waals surface area contributed by atoms with Crippen molar-refractivity contribution in [3.05, 3.63) is 77.6 Å². The third-order valence-electron chi connectivity index (χ3n) is 3.43. The smallest absolute Gasteiger partial charge is 0.194 e. The highest BCUT2D eigenvalue weighted by Crippen LogP contribution is 2.20. The Morgan fingerprint density at radius 3 is 2.29 bits per heavy atom. The molecule has 0 amide bonds. The van der Waals surface area contributed by atoms with Crippen molar-refractivity contribution in [1.82, 2.24) is 5.32 Å². The molecule has 0 fully saturated rings. The Hall–Kier alpha value is -2.31. The molecule has 1 unspecified atom stereocenters. The lowest BCUT2D eigenvalue weighted by atomic mass is 10.1. The molecule has 0 aliphatic carbocycles. The van der Waals surface area contributed by atoms with Gasteiger partial charge in [0, 0.05) is 6.54 Å². The van der Waals surface area contributed by atoms with E-state index in [4.69, 9.17) is 4.74 Å². The lowest BCUT2D eigenvalue weighted by Gasteiger charge is -2.17. The molecular formula is C18H18F3NO2. The van der Waals surface area contributed by atoms with E-state index in [1.807, 2.05) is 12.1 Å². The molecule has 6 heteroatoms. The molecule has 2 N–H and O–H groups in total. The highest BCUT2D eigenvalue weighted by atomic mass is 19.2. The van der Waals surface area contributed by atoms with Gasteiger partial charge in [-0.05, 0) is 35.4 Å². The van der Waals surface area contributed by atoms with Crippen LogP contribution in [-0.2, 0) is 6.54 Å². The maximum absolute atomic E-state index is 13.3. The average Bonchev–Trinajstić information content (AvgIpc) is 2.59. The molecule has 2 aromatic rings. The molecule has 0 spiro atoms. The number of hydrogen-bond acceptors (Lipinski definition) is 3. The second-order valence-corrected chi connectivity index (χ2v) is 5.16. The van der Waals surface area contributed by atoms with Crippen molar-refractivity contribution in [2.24, 2.45) is 0 Å². The van der Waals surface area contributed by atoms with Crippen molar-refractivity contribution in [2.75, 3.05) is 13.2 Å². The summed E-state index contributed by atoms with van der Waals surface area (Å²) in [5.41, 5.74) is 1.03. The molecule has 0 aliphatic rings. The van der Waals surface area contributed by atoms with Gasteiger partial charge >= 0.3 is 0 Å². The molecule has 0 radical (unpaired) electrons. The number of ether oxygens (including phenoxy) is 1. The standard InChI is InChI=1S/C18H18F3NO2/c1-2-7-24-14-5-3-12(4-6-14)10-22-17(11-23)13-8-15(19)18(21)16(20)9-13/h2-6,8-9,17,22-23H,1,7,10-11H2. The number of benzene rings is 2. The van der Waals surface area contributed by atoms with Gasteiger partial charge in [-0.15, -0.1) is 0 Å². The van der Waals surface area contributed by atoms with Gasteiger partial charge in [-0.1, -0.05) is 24.8 Å². The van der Waals surface area contributed by atoms with Crippen LogP contribution in [0.25, 0.3) is 0 Å². The van der Waals surface area contributed by atoms with E-state index in [2.05, 4.69) is 11.9 Å². The minimum Gasteiger partial charge on any atom is -0.490 e. The molecule has 24 heavy (non-hydrogen) atoms. The Bertz CT molecular complexity index is 666. The fourth-order valence-corrected chi connectivity index (χ4v) is 2.16. The Morgan fingerprint density at radius 1 is 1.12 bits per heavy atom. The molecule has 0 aromatic heterocycles. The molecule has 0 saturated heterocycles. The Kier molecular flexibility index (Phi) is 6.40. The minimum atomic E-state index is -1.52. The van der Waals surface area contributed by atoms with E-state index in [0.717, 1.165) is 17.7 Å². The molecule has 0 saturated carbocycles. The third kappa shape index (κ3) is 4.59. The predicted molar refractivity (Wildman–Crippen MR) is 85.1 cm³/mol. The minimum absolute atomic E-state index is 0.139. The van der Waals surface area contributed by atoms with Gasteiger partial charge in [0.1, 0.15) is 12.4 Å². The summed E-state index contributed by atoms with van der Waals surface area (Å²) in [4.78, 5) is 0. The second kappa shape index (κ2) is 8.52. The number of aliphatic hydroxyl groups is 1. The number of nitrogens with one attached hydrogen (secondary N) is 1. The number of rotatable bonds is 8. The van der Waals surface area contributed by atoms with Gasteiger partial charge in [0.25, 0.3) is 0 Å². The molecule has 0 aliphatic heterocycles. The van der Waals surface area contributed by atoms with E-state index in [9.17, 15) is 18.3 Å². The summed E-state index contributed by atoms with van der Waals surface area (Å²) in [6.45, 7) is 3.94. The second-order valence-electron chi connectivity index (χ2n) is 5.16. The SMILES string of the molecule is C=CCOc1ccc(CNC(CO)c2cc(F)c(F)c(F)c2)cc1. The Morgan fingerprint density at radius 2 is 1.75 bits per heavy atom. The van der Waals surface area contributed by atoms with Crippen LogP contribution in [0, 0.1) is 17.5 Å². The van der Waals surface area contributed by atoms with E-state index in [1.54, 1.807) is 18.2 Å². The molecule has 3 nitrogen and oxygen atoms in total. The first-order valence-electron chi connectivity index (χ1n) is 7.36. The zero-order valence-electron chi connectivity index (χ0n) is 12.9. The van der Waals surface area contributed by atoms with Crippen LogP contribution in [0.1, 0.15) is 17.2 Å². The van der Waals surface area contributed by atoms with Gasteiger partial charge in [0.05, 0.1) is 12.6 Å².